The van der Waals surface area contributed by atoms with Gasteiger partial charge in [-0.15, -0.1) is 0 Å². The number of nitrogens with zero attached hydrogens (tertiary/aromatic N) is 2. The van der Waals surface area contributed by atoms with E-state index in [1.165, 1.54) is 17.0 Å². The Bertz CT molecular complexity index is 913. The van der Waals surface area contributed by atoms with Gasteiger partial charge < -0.3 is 10.1 Å². The number of benzene rings is 1. The highest BCUT2D eigenvalue weighted by molar-refractivity contribution is 5.86. The molecule has 35 heavy (non-hydrogen) atoms. The predicted octanol–water partition coefficient (Wildman–Crippen LogP) is 4.92. The van der Waals surface area contributed by atoms with Crippen molar-refractivity contribution in [3.05, 3.63) is 35.4 Å². The first kappa shape index (κ1) is 27.3. The van der Waals surface area contributed by atoms with E-state index >= 15 is 0 Å². The average Bonchev–Trinajstić information content (AvgIpc) is 3.27. The maximum absolute atomic E-state index is 13.3. The summed E-state index contributed by atoms with van der Waals surface area (Å²) < 4.78 is 44.6. The van der Waals surface area contributed by atoms with Crippen LogP contribution in [0.15, 0.2) is 24.3 Å². The van der Waals surface area contributed by atoms with Gasteiger partial charge in [-0.1, -0.05) is 32.0 Å². The zero-order valence-electron chi connectivity index (χ0n) is 21.5. The molecule has 1 saturated heterocycles. The molecule has 2 fully saturated rings. The van der Waals surface area contributed by atoms with Crippen LogP contribution in [0.2, 0.25) is 0 Å². The molecule has 0 radical (unpaired) electrons. The summed E-state index contributed by atoms with van der Waals surface area (Å²) in [7, 11) is 1.59. The van der Waals surface area contributed by atoms with Gasteiger partial charge >= 0.3 is 12.3 Å². The first-order valence-corrected chi connectivity index (χ1v) is 12.3. The van der Waals surface area contributed by atoms with Gasteiger partial charge in [0.05, 0.1) is 5.56 Å². The van der Waals surface area contributed by atoms with E-state index in [0.717, 1.165) is 32.0 Å². The fourth-order valence-corrected chi connectivity index (χ4v) is 5.41. The number of amides is 2. The third-order valence-corrected chi connectivity index (χ3v) is 6.92. The Balaban J connectivity index is 1.62. The molecule has 9 heteroatoms. The van der Waals surface area contributed by atoms with E-state index < -0.39 is 29.5 Å². The molecule has 0 spiro atoms. The van der Waals surface area contributed by atoms with Gasteiger partial charge in [0.1, 0.15) is 11.6 Å². The first-order chi connectivity index (χ1) is 16.2. The quantitative estimate of drug-likeness (QED) is 0.606. The van der Waals surface area contributed by atoms with Crippen LogP contribution in [0.25, 0.3) is 0 Å². The second-order valence-corrected chi connectivity index (χ2v) is 11.3. The molecule has 2 amide bonds. The van der Waals surface area contributed by atoms with Crippen molar-refractivity contribution >= 4 is 12.0 Å². The maximum atomic E-state index is 13.3. The number of carbonyl (C=O) groups excluding carboxylic acids is 2. The van der Waals surface area contributed by atoms with Crippen molar-refractivity contribution in [2.75, 3.05) is 20.1 Å². The van der Waals surface area contributed by atoms with Gasteiger partial charge in [0.2, 0.25) is 5.91 Å². The van der Waals surface area contributed by atoms with Crippen molar-refractivity contribution < 1.29 is 27.5 Å². The van der Waals surface area contributed by atoms with Crippen LogP contribution in [0, 0.1) is 17.8 Å². The summed E-state index contributed by atoms with van der Waals surface area (Å²) in [5.74, 6) is 0.331. The number of hydrogen-bond donors (Lipinski definition) is 1. The number of carbonyl (C=O) groups is 2. The highest BCUT2D eigenvalue weighted by atomic mass is 19.4. The summed E-state index contributed by atoms with van der Waals surface area (Å²) >= 11 is 0. The molecule has 1 saturated carbocycles. The lowest BCUT2D eigenvalue weighted by molar-refractivity contribution is -0.137. The van der Waals surface area contributed by atoms with E-state index in [0.29, 0.717) is 18.0 Å². The molecular weight excluding hydrogens is 459 g/mol. The fraction of sp³-hybridized carbons (Fsp3) is 0.692. The number of likely N-dealkylation sites (tertiary alicyclic amines) is 1. The van der Waals surface area contributed by atoms with E-state index in [1.54, 1.807) is 33.9 Å². The summed E-state index contributed by atoms with van der Waals surface area (Å²) in [6.07, 6.45) is -3.07. The lowest BCUT2D eigenvalue weighted by atomic mass is 9.96. The Morgan fingerprint density at radius 3 is 2.46 bits per heavy atom. The maximum Gasteiger partial charge on any atom is 0.416 e. The topological polar surface area (TPSA) is 61.9 Å². The molecular formula is C26H38F3N3O3. The molecule has 1 heterocycles. The van der Waals surface area contributed by atoms with Crippen LogP contribution in [0.1, 0.15) is 58.6 Å². The monoisotopic (exact) mass is 497 g/mol. The Hall–Kier alpha value is -2.29. The van der Waals surface area contributed by atoms with Crippen molar-refractivity contribution in [3.8, 4) is 0 Å². The number of likely N-dealkylation sites (N-methyl/N-ethyl adjacent to an activating group) is 1. The molecule has 4 atom stereocenters. The van der Waals surface area contributed by atoms with Gasteiger partial charge in [0.25, 0.3) is 0 Å². The highest BCUT2D eigenvalue weighted by Crippen LogP contribution is 2.39. The minimum atomic E-state index is -4.35. The number of fused-ring (bicyclic) bond motifs is 1. The van der Waals surface area contributed by atoms with Gasteiger partial charge in [0, 0.05) is 32.7 Å². The Morgan fingerprint density at radius 2 is 1.86 bits per heavy atom. The smallest absolute Gasteiger partial charge is 0.416 e. The van der Waals surface area contributed by atoms with Crippen LogP contribution in [0.3, 0.4) is 0 Å². The third-order valence-electron chi connectivity index (χ3n) is 6.92. The molecule has 196 valence electrons. The predicted molar refractivity (Wildman–Crippen MR) is 127 cm³/mol. The molecule has 1 N–H and O–H groups in total. The number of rotatable bonds is 6. The van der Waals surface area contributed by atoms with Crippen molar-refractivity contribution in [1.29, 1.82) is 0 Å². The van der Waals surface area contributed by atoms with Gasteiger partial charge in [-0.05, 0) is 63.0 Å². The van der Waals surface area contributed by atoms with E-state index in [9.17, 15) is 22.8 Å². The minimum Gasteiger partial charge on any atom is -0.444 e. The first-order valence-electron chi connectivity index (χ1n) is 12.3. The van der Waals surface area contributed by atoms with Crippen molar-refractivity contribution in [2.24, 2.45) is 17.8 Å². The summed E-state index contributed by atoms with van der Waals surface area (Å²) in [6, 6.07) is 4.80. The molecule has 0 aromatic heterocycles. The SMILES string of the molecule is CC(C)[C@@H](C(=O)N[C@@H]1CC[C@H]2CN(Cc3cccc(C(F)(F)F)c3)C[C@H]21)N(C)C(=O)OC(C)(C)C. The molecule has 1 aromatic rings. The lowest BCUT2D eigenvalue weighted by Crippen LogP contribution is -2.54. The van der Waals surface area contributed by atoms with Crippen LogP contribution in [0.4, 0.5) is 18.0 Å². The van der Waals surface area contributed by atoms with Crippen molar-refractivity contribution in [1.82, 2.24) is 15.1 Å². The molecule has 2 aliphatic rings. The zero-order chi connectivity index (χ0) is 26.1. The third kappa shape index (κ3) is 6.90. The standard InChI is InChI=1S/C26H38F3N3O3/c1-16(2)22(31(6)24(34)35-25(3,4)5)23(33)30-21-11-10-18-14-32(15-20(18)21)13-17-8-7-9-19(12-17)26(27,28)29/h7-9,12,16,18,20-22H,10-11,13-15H2,1-6H3,(H,30,33)/t18-,20+,21+,22-/m0/s1. The Kier molecular flexibility index (Phi) is 8.09. The summed E-state index contributed by atoms with van der Waals surface area (Å²) in [4.78, 5) is 29.4. The van der Waals surface area contributed by atoms with E-state index in [4.69, 9.17) is 4.74 Å². The lowest BCUT2D eigenvalue weighted by Gasteiger charge is -2.33. The molecule has 6 nitrogen and oxygen atoms in total. The second kappa shape index (κ2) is 10.4. The number of ether oxygens (including phenoxy) is 1. The second-order valence-electron chi connectivity index (χ2n) is 11.3. The minimum absolute atomic E-state index is 0.0210. The molecule has 0 bridgehead atoms. The summed E-state index contributed by atoms with van der Waals surface area (Å²) in [5, 5.41) is 3.18. The molecule has 1 aromatic carbocycles. The van der Waals surface area contributed by atoms with Crippen LogP contribution in [0.5, 0.6) is 0 Å². The van der Waals surface area contributed by atoms with Gasteiger partial charge in [-0.2, -0.15) is 13.2 Å². The highest BCUT2D eigenvalue weighted by Gasteiger charge is 2.44. The van der Waals surface area contributed by atoms with Gasteiger partial charge in [0.15, 0.2) is 0 Å². The van der Waals surface area contributed by atoms with Crippen molar-refractivity contribution in [2.45, 2.75) is 77.9 Å². The zero-order valence-corrected chi connectivity index (χ0v) is 21.5. The molecule has 1 aliphatic heterocycles. The van der Waals surface area contributed by atoms with Gasteiger partial charge in [-0.25, -0.2) is 4.79 Å². The number of hydrogen-bond acceptors (Lipinski definition) is 4. The number of halogens is 3. The average molecular weight is 498 g/mol. The molecule has 0 unspecified atom stereocenters. The normalized spacial score (nSPS) is 23.8. The van der Waals surface area contributed by atoms with E-state index in [-0.39, 0.29) is 23.8 Å². The van der Waals surface area contributed by atoms with E-state index in [1.807, 2.05) is 13.8 Å². The number of nitrogens with one attached hydrogen (secondary N) is 1. The largest absolute Gasteiger partial charge is 0.444 e. The van der Waals surface area contributed by atoms with Crippen molar-refractivity contribution in [3.63, 3.8) is 0 Å². The van der Waals surface area contributed by atoms with Crippen LogP contribution in [-0.2, 0) is 22.3 Å². The van der Waals surface area contributed by atoms with Crippen LogP contribution in [-0.4, -0.2) is 59.6 Å². The van der Waals surface area contributed by atoms with Gasteiger partial charge in [-0.3, -0.25) is 14.6 Å². The molecule has 1 aliphatic carbocycles. The van der Waals surface area contributed by atoms with Crippen LogP contribution >= 0.6 is 0 Å². The fourth-order valence-electron chi connectivity index (χ4n) is 5.41. The van der Waals surface area contributed by atoms with Crippen LogP contribution < -0.4 is 5.32 Å². The number of alkyl halides is 3. The summed E-state index contributed by atoms with van der Waals surface area (Å²) in [6.45, 7) is 11.1. The molecule has 3 rings (SSSR count). The Labute approximate surface area is 206 Å². The Morgan fingerprint density at radius 1 is 1.17 bits per heavy atom. The van der Waals surface area contributed by atoms with E-state index in [2.05, 4.69) is 10.2 Å². The summed E-state index contributed by atoms with van der Waals surface area (Å²) in [5.41, 5.74) is -0.651.